The molecule has 0 bridgehead atoms. The van der Waals surface area contributed by atoms with Crippen molar-refractivity contribution in [2.24, 2.45) is 0 Å². The van der Waals surface area contributed by atoms with Crippen molar-refractivity contribution in [3.8, 4) is 0 Å². The van der Waals surface area contributed by atoms with Crippen molar-refractivity contribution in [3.05, 3.63) is 11.9 Å². The van der Waals surface area contributed by atoms with Crippen molar-refractivity contribution in [1.29, 1.82) is 0 Å². The van der Waals surface area contributed by atoms with E-state index >= 15 is 0 Å². The minimum Gasteiger partial charge on any atom is -0.462 e. The third-order valence-electron chi connectivity index (χ3n) is 1.14. The molecular formula is C7H6F3NO4. The van der Waals surface area contributed by atoms with E-state index < -0.39 is 36.1 Å². The van der Waals surface area contributed by atoms with Crippen LogP contribution in [-0.2, 0) is 19.1 Å². The highest BCUT2D eigenvalue weighted by molar-refractivity contribution is 6.35. The molecule has 0 saturated heterocycles. The van der Waals surface area contributed by atoms with E-state index in [1.54, 1.807) is 0 Å². The number of nitrogens with one attached hydrogen (secondary N) is 1. The third kappa shape index (κ3) is 4.79. The molecule has 0 rings (SSSR count). The Morgan fingerprint density at radius 2 is 1.73 bits per heavy atom. The van der Waals surface area contributed by atoms with Gasteiger partial charge in [0.25, 0.3) is 0 Å². The van der Waals surface area contributed by atoms with Crippen molar-refractivity contribution in [3.63, 3.8) is 0 Å². The summed E-state index contributed by atoms with van der Waals surface area (Å²) in [6.07, 6.45) is -3.97. The molecule has 8 heteroatoms. The quantitative estimate of drug-likeness (QED) is 0.540. The van der Waals surface area contributed by atoms with Crippen molar-refractivity contribution >= 4 is 17.8 Å². The van der Waals surface area contributed by atoms with E-state index in [1.165, 1.54) is 5.32 Å². The second-order valence-corrected chi connectivity index (χ2v) is 2.21. The lowest BCUT2D eigenvalue weighted by molar-refractivity contribution is -0.154. The lowest BCUT2D eigenvalue weighted by Gasteiger charge is -2.00. The molecule has 0 unspecified atom stereocenters. The molecule has 0 aromatic carbocycles. The summed E-state index contributed by atoms with van der Waals surface area (Å²) in [5.74, 6) is -6.16. The number of imide groups is 1. The van der Waals surface area contributed by atoms with Crippen LogP contribution in [0.25, 0.3) is 0 Å². The zero-order valence-electron chi connectivity index (χ0n) is 7.47. The molecule has 0 aliphatic heterocycles. The van der Waals surface area contributed by atoms with Gasteiger partial charge in [-0.25, -0.2) is 9.18 Å². The van der Waals surface area contributed by atoms with Crippen molar-refractivity contribution in [1.82, 2.24) is 5.32 Å². The van der Waals surface area contributed by atoms with E-state index in [1.807, 2.05) is 0 Å². The Morgan fingerprint density at radius 3 is 2.13 bits per heavy atom. The first kappa shape index (κ1) is 13.1. The largest absolute Gasteiger partial charge is 0.462 e. The smallest absolute Gasteiger partial charge is 0.396 e. The number of rotatable bonds is 2. The summed E-state index contributed by atoms with van der Waals surface area (Å²) in [5.41, 5.74) is 0. The van der Waals surface area contributed by atoms with Gasteiger partial charge in [0.2, 0.25) is 5.91 Å². The van der Waals surface area contributed by atoms with Crippen LogP contribution in [0.3, 0.4) is 0 Å². The monoisotopic (exact) mass is 225 g/mol. The first-order valence-electron chi connectivity index (χ1n) is 3.50. The van der Waals surface area contributed by atoms with Crippen LogP contribution >= 0.6 is 0 Å². The molecule has 0 aliphatic rings. The van der Waals surface area contributed by atoms with Gasteiger partial charge in [0.15, 0.2) is 5.83 Å². The van der Waals surface area contributed by atoms with Crippen LogP contribution in [0, 0.1) is 0 Å². The number of hydrogen-bond donors (Lipinski definition) is 1. The summed E-state index contributed by atoms with van der Waals surface area (Å²) in [5, 5.41) is 1.36. The highest BCUT2D eigenvalue weighted by atomic mass is 19.3. The van der Waals surface area contributed by atoms with Crippen LogP contribution in [0.4, 0.5) is 13.2 Å². The van der Waals surface area contributed by atoms with Crippen LogP contribution < -0.4 is 5.32 Å². The number of halogens is 3. The van der Waals surface area contributed by atoms with E-state index in [-0.39, 0.29) is 0 Å². The summed E-state index contributed by atoms with van der Waals surface area (Å²) in [6.45, 7) is 0. The number of amides is 2. The van der Waals surface area contributed by atoms with Gasteiger partial charge in [-0.1, -0.05) is 0 Å². The summed E-state index contributed by atoms with van der Waals surface area (Å²) >= 11 is 0. The zero-order valence-corrected chi connectivity index (χ0v) is 7.47. The van der Waals surface area contributed by atoms with E-state index in [0.29, 0.717) is 0 Å². The average molecular weight is 225 g/mol. The molecule has 1 N–H and O–H groups in total. The first-order valence-corrected chi connectivity index (χ1v) is 3.50. The Morgan fingerprint density at radius 1 is 1.20 bits per heavy atom. The second kappa shape index (κ2) is 5.78. The topological polar surface area (TPSA) is 72.5 Å². The number of ether oxygens (including phenoxy) is 1. The molecule has 5 nitrogen and oxygen atoms in total. The van der Waals surface area contributed by atoms with E-state index in [0.717, 1.165) is 7.11 Å². The molecule has 84 valence electrons. The average Bonchev–Trinajstić information content (AvgIpc) is 2.15. The standard InChI is InChI=1S/C7H6F3NO4/c1-15-7(14)6(13)11-4(12)2-3(8)5(9)10/h2H2,1H3,(H,11,12,13). The molecule has 0 aromatic heterocycles. The van der Waals surface area contributed by atoms with E-state index in [2.05, 4.69) is 4.74 Å². The molecule has 0 aliphatic carbocycles. The van der Waals surface area contributed by atoms with Gasteiger partial charge in [-0.15, -0.1) is 0 Å². The lowest BCUT2D eigenvalue weighted by Crippen LogP contribution is -2.36. The Labute approximate surface area is 81.9 Å². The van der Waals surface area contributed by atoms with Crippen LogP contribution in [-0.4, -0.2) is 24.9 Å². The Balaban J connectivity index is 4.23. The van der Waals surface area contributed by atoms with Crippen LogP contribution in [0.5, 0.6) is 0 Å². The molecule has 0 atom stereocenters. The minimum absolute atomic E-state index is 0.883. The van der Waals surface area contributed by atoms with Crippen LogP contribution in [0.15, 0.2) is 11.9 Å². The number of esters is 1. The summed E-state index contributed by atoms with van der Waals surface area (Å²) in [4.78, 5) is 31.7. The van der Waals surface area contributed by atoms with Gasteiger partial charge in [0, 0.05) is 0 Å². The van der Waals surface area contributed by atoms with Gasteiger partial charge in [-0.05, 0) is 0 Å². The molecule has 0 radical (unpaired) electrons. The van der Waals surface area contributed by atoms with E-state index in [4.69, 9.17) is 0 Å². The van der Waals surface area contributed by atoms with Crippen molar-refractivity contribution in [2.75, 3.05) is 7.11 Å². The maximum atomic E-state index is 12.2. The SMILES string of the molecule is COC(=O)C(=O)NC(=O)CC(F)=C(F)F. The fourth-order valence-corrected chi connectivity index (χ4v) is 0.522. The lowest BCUT2D eigenvalue weighted by atomic mass is 10.3. The molecular weight excluding hydrogens is 219 g/mol. The normalized spacial score (nSPS) is 9.07. The van der Waals surface area contributed by atoms with Gasteiger partial charge < -0.3 is 4.74 Å². The predicted molar refractivity (Wildman–Crippen MR) is 40.1 cm³/mol. The van der Waals surface area contributed by atoms with Crippen LogP contribution in [0.1, 0.15) is 6.42 Å². The van der Waals surface area contributed by atoms with Gasteiger partial charge in [-0.2, -0.15) is 8.78 Å². The number of carbonyl (C=O) groups excluding carboxylic acids is 3. The molecule has 2 amide bonds. The van der Waals surface area contributed by atoms with E-state index in [9.17, 15) is 27.6 Å². The van der Waals surface area contributed by atoms with Gasteiger partial charge in [0.05, 0.1) is 13.5 Å². The van der Waals surface area contributed by atoms with Crippen LogP contribution in [0.2, 0.25) is 0 Å². The molecule has 0 heterocycles. The van der Waals surface area contributed by atoms with Crippen molar-refractivity contribution < 1.29 is 32.3 Å². The Bertz CT molecular complexity index is 322. The number of hydrogen-bond acceptors (Lipinski definition) is 4. The number of carbonyl (C=O) groups is 3. The highest BCUT2D eigenvalue weighted by Gasteiger charge is 2.19. The highest BCUT2D eigenvalue weighted by Crippen LogP contribution is 2.12. The number of methoxy groups -OCH3 is 1. The molecule has 0 spiro atoms. The molecule has 0 aromatic rings. The molecule has 0 saturated carbocycles. The van der Waals surface area contributed by atoms with Crippen molar-refractivity contribution in [2.45, 2.75) is 6.42 Å². The fraction of sp³-hybridized carbons (Fsp3) is 0.286. The molecule has 0 fully saturated rings. The second-order valence-electron chi connectivity index (χ2n) is 2.21. The summed E-state index contributed by atoms with van der Waals surface area (Å²) in [7, 11) is 0.883. The minimum atomic E-state index is -2.66. The first-order chi connectivity index (χ1) is 6.88. The summed E-state index contributed by atoms with van der Waals surface area (Å²) in [6, 6.07) is 0. The Hall–Kier alpha value is -1.86. The van der Waals surface area contributed by atoms with Gasteiger partial charge in [-0.3, -0.25) is 14.9 Å². The Kier molecular flexibility index (Phi) is 5.07. The summed E-state index contributed by atoms with van der Waals surface area (Å²) < 4.78 is 39.1. The zero-order chi connectivity index (χ0) is 12.0. The molecule has 15 heavy (non-hydrogen) atoms. The maximum Gasteiger partial charge on any atom is 0.396 e. The fourth-order valence-electron chi connectivity index (χ4n) is 0.522. The predicted octanol–water partition coefficient (Wildman–Crippen LogP) is 0.270. The van der Waals surface area contributed by atoms with Gasteiger partial charge >= 0.3 is 18.0 Å². The maximum absolute atomic E-state index is 12.2. The van der Waals surface area contributed by atoms with Gasteiger partial charge in [0.1, 0.15) is 0 Å². The third-order valence-corrected chi connectivity index (χ3v) is 1.14.